The molecule has 0 saturated heterocycles. The highest BCUT2D eigenvalue weighted by atomic mass is 19.3. The number of hydrogen-bond acceptors (Lipinski definition) is 4. The summed E-state index contributed by atoms with van der Waals surface area (Å²) in [5.41, 5.74) is 5.69. The highest BCUT2D eigenvalue weighted by Crippen LogP contribution is 2.26. The zero-order valence-electron chi connectivity index (χ0n) is 9.67. The number of nitrogens with zero attached hydrogens (tertiary/aromatic N) is 1. The SMILES string of the molecule is CCOC(=O)Cc1cc(C)c(N)c(C(F)F)n1. The van der Waals surface area contributed by atoms with Gasteiger partial charge in [0, 0.05) is 0 Å². The Balaban J connectivity index is 2.98. The first-order valence-corrected chi connectivity index (χ1v) is 5.15. The van der Waals surface area contributed by atoms with Gasteiger partial charge in [0.25, 0.3) is 6.43 Å². The molecule has 0 amide bonds. The molecule has 1 aromatic heterocycles. The van der Waals surface area contributed by atoms with E-state index in [1.54, 1.807) is 13.8 Å². The van der Waals surface area contributed by atoms with Crippen LogP contribution in [0.3, 0.4) is 0 Å². The third-order valence-electron chi connectivity index (χ3n) is 2.19. The Hall–Kier alpha value is -1.72. The largest absolute Gasteiger partial charge is 0.466 e. The lowest BCUT2D eigenvalue weighted by molar-refractivity contribution is -0.142. The highest BCUT2D eigenvalue weighted by Gasteiger charge is 2.17. The number of rotatable bonds is 4. The molecule has 1 aromatic rings. The Kier molecular flexibility index (Phi) is 4.37. The minimum atomic E-state index is -2.75. The summed E-state index contributed by atoms with van der Waals surface area (Å²) in [5.74, 6) is -0.496. The van der Waals surface area contributed by atoms with Crippen LogP contribution in [0.15, 0.2) is 6.07 Å². The van der Waals surface area contributed by atoms with Gasteiger partial charge in [-0.05, 0) is 25.5 Å². The Morgan fingerprint density at radius 2 is 2.24 bits per heavy atom. The standard InChI is InChI=1S/C11H14F2N2O2/c1-3-17-8(16)5-7-4-6(2)9(14)10(15-7)11(12)13/h4,11H,3,5,14H2,1-2H3. The summed E-state index contributed by atoms with van der Waals surface area (Å²) < 4.78 is 29.9. The minimum Gasteiger partial charge on any atom is -0.466 e. The number of carbonyl (C=O) groups is 1. The van der Waals surface area contributed by atoms with Gasteiger partial charge in [-0.25, -0.2) is 13.8 Å². The van der Waals surface area contributed by atoms with Crippen LogP contribution in [0.25, 0.3) is 0 Å². The van der Waals surface area contributed by atoms with E-state index in [0.29, 0.717) is 5.56 Å². The molecular formula is C11H14F2N2O2. The van der Waals surface area contributed by atoms with E-state index in [1.165, 1.54) is 6.07 Å². The molecule has 0 aliphatic carbocycles. The number of aryl methyl sites for hydroxylation is 1. The molecule has 0 radical (unpaired) electrons. The maximum Gasteiger partial charge on any atom is 0.311 e. The first kappa shape index (κ1) is 13.3. The third-order valence-corrected chi connectivity index (χ3v) is 2.19. The molecule has 0 unspecified atom stereocenters. The van der Waals surface area contributed by atoms with Crippen LogP contribution >= 0.6 is 0 Å². The van der Waals surface area contributed by atoms with E-state index in [0.717, 1.165) is 0 Å². The van der Waals surface area contributed by atoms with Crippen molar-refractivity contribution in [3.8, 4) is 0 Å². The molecule has 4 nitrogen and oxygen atoms in total. The van der Waals surface area contributed by atoms with E-state index in [2.05, 4.69) is 4.98 Å². The fourth-order valence-corrected chi connectivity index (χ4v) is 1.39. The molecule has 1 rings (SSSR count). The number of nitrogens with two attached hydrogens (primary N) is 1. The van der Waals surface area contributed by atoms with Crippen LogP contribution in [0.1, 0.15) is 30.3 Å². The number of aromatic nitrogens is 1. The maximum absolute atomic E-state index is 12.6. The zero-order valence-corrected chi connectivity index (χ0v) is 9.67. The molecular weight excluding hydrogens is 230 g/mol. The predicted octanol–water partition coefficient (Wildman–Crippen LogP) is 2.02. The normalized spacial score (nSPS) is 10.6. The van der Waals surface area contributed by atoms with Crippen molar-refractivity contribution in [3.05, 3.63) is 23.0 Å². The molecule has 0 aliphatic heterocycles. The second-order valence-corrected chi connectivity index (χ2v) is 3.51. The second kappa shape index (κ2) is 5.56. The van der Waals surface area contributed by atoms with Gasteiger partial charge >= 0.3 is 5.97 Å². The fraction of sp³-hybridized carbons (Fsp3) is 0.455. The molecule has 6 heteroatoms. The quantitative estimate of drug-likeness (QED) is 0.823. The van der Waals surface area contributed by atoms with Gasteiger partial charge in [0.1, 0.15) is 5.69 Å². The van der Waals surface area contributed by atoms with Gasteiger partial charge in [0.2, 0.25) is 0 Å². The number of hydrogen-bond donors (Lipinski definition) is 1. The lowest BCUT2D eigenvalue weighted by Crippen LogP contribution is -2.11. The van der Waals surface area contributed by atoms with Crippen molar-refractivity contribution in [1.29, 1.82) is 0 Å². The fourth-order valence-electron chi connectivity index (χ4n) is 1.39. The van der Waals surface area contributed by atoms with Crippen molar-refractivity contribution in [2.45, 2.75) is 26.7 Å². The molecule has 0 aromatic carbocycles. The number of esters is 1. The highest BCUT2D eigenvalue weighted by molar-refractivity contribution is 5.72. The van der Waals surface area contributed by atoms with Crippen molar-refractivity contribution in [2.24, 2.45) is 0 Å². The number of halogens is 2. The van der Waals surface area contributed by atoms with Crippen LogP contribution in [0.4, 0.5) is 14.5 Å². The lowest BCUT2D eigenvalue weighted by atomic mass is 10.1. The first-order valence-electron chi connectivity index (χ1n) is 5.15. The monoisotopic (exact) mass is 244 g/mol. The first-order chi connectivity index (χ1) is 7.95. The summed E-state index contributed by atoms with van der Waals surface area (Å²) in [6.07, 6.45) is -2.88. The molecule has 0 aliphatic rings. The van der Waals surface area contributed by atoms with Crippen molar-refractivity contribution in [1.82, 2.24) is 4.98 Å². The van der Waals surface area contributed by atoms with Gasteiger partial charge in [-0.2, -0.15) is 0 Å². The van der Waals surface area contributed by atoms with E-state index >= 15 is 0 Å². The Bertz CT molecular complexity index is 422. The Morgan fingerprint density at radius 3 is 2.76 bits per heavy atom. The van der Waals surface area contributed by atoms with Crippen LogP contribution in [0.5, 0.6) is 0 Å². The van der Waals surface area contributed by atoms with E-state index in [1.807, 2.05) is 0 Å². The summed E-state index contributed by atoms with van der Waals surface area (Å²) in [6, 6.07) is 1.51. The van der Waals surface area contributed by atoms with Crippen molar-refractivity contribution in [2.75, 3.05) is 12.3 Å². The molecule has 0 bridgehead atoms. The topological polar surface area (TPSA) is 65.2 Å². The Labute approximate surface area is 97.8 Å². The number of ether oxygens (including phenoxy) is 1. The van der Waals surface area contributed by atoms with Crippen LogP contribution in [0.2, 0.25) is 0 Å². The lowest BCUT2D eigenvalue weighted by Gasteiger charge is -2.09. The summed E-state index contributed by atoms with van der Waals surface area (Å²) in [4.78, 5) is 14.9. The Morgan fingerprint density at radius 1 is 1.59 bits per heavy atom. The molecule has 17 heavy (non-hydrogen) atoms. The van der Waals surface area contributed by atoms with Gasteiger partial charge in [-0.1, -0.05) is 0 Å². The van der Waals surface area contributed by atoms with Gasteiger partial charge in [-0.3, -0.25) is 4.79 Å². The molecule has 0 fully saturated rings. The molecule has 0 atom stereocenters. The smallest absolute Gasteiger partial charge is 0.311 e. The number of alkyl halides is 2. The molecule has 0 spiro atoms. The van der Waals surface area contributed by atoms with Gasteiger partial charge < -0.3 is 10.5 Å². The van der Waals surface area contributed by atoms with Crippen LogP contribution < -0.4 is 5.73 Å². The van der Waals surface area contributed by atoms with Gasteiger partial charge in [-0.15, -0.1) is 0 Å². The van der Waals surface area contributed by atoms with Crippen LogP contribution in [-0.2, 0) is 16.0 Å². The van der Waals surface area contributed by atoms with Crippen molar-refractivity contribution >= 4 is 11.7 Å². The van der Waals surface area contributed by atoms with Crippen molar-refractivity contribution < 1.29 is 18.3 Å². The van der Waals surface area contributed by atoms with E-state index in [4.69, 9.17) is 10.5 Å². The van der Waals surface area contributed by atoms with Crippen LogP contribution in [-0.4, -0.2) is 17.6 Å². The van der Waals surface area contributed by atoms with Crippen molar-refractivity contribution in [3.63, 3.8) is 0 Å². The number of pyridine rings is 1. The zero-order chi connectivity index (χ0) is 13.0. The minimum absolute atomic E-state index is 0.0346. The number of nitrogen functional groups attached to an aromatic ring is 1. The van der Waals surface area contributed by atoms with E-state index in [-0.39, 0.29) is 24.4 Å². The van der Waals surface area contributed by atoms with E-state index < -0.39 is 18.1 Å². The predicted molar refractivity (Wildman–Crippen MR) is 58.7 cm³/mol. The molecule has 1 heterocycles. The second-order valence-electron chi connectivity index (χ2n) is 3.51. The maximum atomic E-state index is 12.6. The van der Waals surface area contributed by atoms with Crippen LogP contribution in [0, 0.1) is 6.92 Å². The number of carbonyl (C=O) groups excluding carboxylic acids is 1. The number of anilines is 1. The van der Waals surface area contributed by atoms with Gasteiger partial charge in [0.15, 0.2) is 0 Å². The summed E-state index contributed by atoms with van der Waals surface area (Å²) in [7, 11) is 0. The molecule has 94 valence electrons. The average Bonchev–Trinajstić information content (AvgIpc) is 2.23. The van der Waals surface area contributed by atoms with Gasteiger partial charge in [0.05, 0.1) is 24.4 Å². The average molecular weight is 244 g/mol. The molecule has 0 saturated carbocycles. The summed E-state index contributed by atoms with van der Waals surface area (Å²) in [6.45, 7) is 3.51. The molecule has 2 N–H and O–H groups in total. The van der Waals surface area contributed by atoms with E-state index in [9.17, 15) is 13.6 Å². The summed E-state index contributed by atoms with van der Waals surface area (Å²) in [5, 5.41) is 0. The summed E-state index contributed by atoms with van der Waals surface area (Å²) >= 11 is 0. The third kappa shape index (κ3) is 3.37.